The van der Waals surface area contributed by atoms with Crippen LogP contribution in [0.15, 0.2) is 35.8 Å². The van der Waals surface area contributed by atoms with Crippen molar-refractivity contribution in [2.24, 2.45) is 0 Å². The lowest BCUT2D eigenvalue weighted by molar-refractivity contribution is -0.165. The number of esters is 1. The van der Waals surface area contributed by atoms with E-state index in [2.05, 4.69) is 21.3 Å². The van der Waals surface area contributed by atoms with Crippen molar-refractivity contribution >= 4 is 23.2 Å². The smallest absolute Gasteiger partial charge is 0.324 e. The Morgan fingerprint density at radius 3 is 3.00 bits per heavy atom. The van der Waals surface area contributed by atoms with Gasteiger partial charge in [-0.2, -0.15) is 0 Å². The Balaban J connectivity index is 1.36. The number of ether oxygens (including phenoxy) is 1. The molecule has 0 spiro atoms. The number of fused-ring (bicyclic) bond motifs is 1. The van der Waals surface area contributed by atoms with E-state index < -0.39 is 6.10 Å². The molecule has 2 aromatic rings. The van der Waals surface area contributed by atoms with E-state index >= 15 is 0 Å². The number of carbonyl (C=O) groups excluding carboxylic acids is 2. The number of amides is 1. The fraction of sp³-hybridized carbons (Fsp3) is 0.500. The van der Waals surface area contributed by atoms with Crippen LogP contribution in [0.4, 0.5) is 0 Å². The van der Waals surface area contributed by atoms with E-state index in [4.69, 9.17) is 4.74 Å². The minimum absolute atomic E-state index is 0.109. The van der Waals surface area contributed by atoms with Crippen LogP contribution >= 0.6 is 11.3 Å². The van der Waals surface area contributed by atoms with Crippen LogP contribution < -0.4 is 0 Å². The summed E-state index contributed by atoms with van der Waals surface area (Å²) in [6.07, 6.45) is 4.69. The number of hydrogen-bond acceptors (Lipinski definition) is 6. The Labute approximate surface area is 175 Å². The standard InChI is InChI=1S/C22H27N3O3S/c1-16(21(26)25-12-8-20-17(14-25)9-13-29-20)28-22(27)19-7-3-5-11-24(19)15-18-6-2-4-10-23-18/h2,4,6,9-10,13,16,19H,3,5,7-8,11-12,14-15H2,1H3. The predicted octanol–water partition coefficient (Wildman–Crippen LogP) is 3.01. The van der Waals surface area contributed by atoms with Gasteiger partial charge in [-0.05, 0) is 61.9 Å². The molecule has 7 heteroatoms. The van der Waals surface area contributed by atoms with Gasteiger partial charge in [0.25, 0.3) is 5.91 Å². The lowest BCUT2D eigenvalue weighted by Gasteiger charge is -2.35. The molecule has 4 rings (SSSR count). The van der Waals surface area contributed by atoms with Crippen LogP contribution in [0.5, 0.6) is 0 Å². The third kappa shape index (κ3) is 4.67. The topological polar surface area (TPSA) is 62.7 Å². The second-order valence-corrected chi connectivity index (χ2v) is 8.76. The molecule has 0 radical (unpaired) electrons. The quantitative estimate of drug-likeness (QED) is 0.705. The Bertz CT molecular complexity index is 854. The molecule has 154 valence electrons. The number of carbonyl (C=O) groups is 2. The van der Waals surface area contributed by atoms with Crippen LogP contribution in [0.2, 0.25) is 0 Å². The molecule has 1 amide bonds. The molecular formula is C22H27N3O3S. The van der Waals surface area contributed by atoms with Gasteiger partial charge in [0.1, 0.15) is 6.04 Å². The van der Waals surface area contributed by atoms with Crippen LogP contribution in [-0.4, -0.2) is 51.9 Å². The van der Waals surface area contributed by atoms with E-state index in [1.165, 1.54) is 10.4 Å². The van der Waals surface area contributed by atoms with E-state index in [-0.39, 0.29) is 17.9 Å². The Hall–Kier alpha value is -2.25. The number of hydrogen-bond donors (Lipinski definition) is 0. The molecule has 2 aromatic heterocycles. The molecule has 2 aliphatic heterocycles. The van der Waals surface area contributed by atoms with Crippen LogP contribution in [0.25, 0.3) is 0 Å². The van der Waals surface area contributed by atoms with E-state index in [1.807, 2.05) is 18.2 Å². The minimum atomic E-state index is -0.763. The summed E-state index contributed by atoms with van der Waals surface area (Å²) in [6.45, 7) is 4.44. The molecule has 1 fully saturated rings. The van der Waals surface area contributed by atoms with E-state index in [9.17, 15) is 9.59 Å². The van der Waals surface area contributed by atoms with Gasteiger partial charge in [0.2, 0.25) is 0 Å². The van der Waals surface area contributed by atoms with Gasteiger partial charge in [0.05, 0.1) is 5.69 Å². The highest BCUT2D eigenvalue weighted by atomic mass is 32.1. The van der Waals surface area contributed by atoms with Gasteiger partial charge < -0.3 is 9.64 Å². The van der Waals surface area contributed by atoms with E-state index in [1.54, 1.807) is 29.4 Å². The first-order valence-electron chi connectivity index (χ1n) is 10.3. The number of aromatic nitrogens is 1. The summed E-state index contributed by atoms with van der Waals surface area (Å²) < 4.78 is 5.65. The lowest BCUT2D eigenvalue weighted by Crippen LogP contribution is -2.48. The highest BCUT2D eigenvalue weighted by Gasteiger charge is 2.34. The van der Waals surface area contributed by atoms with Crippen molar-refractivity contribution in [2.75, 3.05) is 13.1 Å². The normalized spacial score (nSPS) is 20.7. The van der Waals surface area contributed by atoms with Crippen molar-refractivity contribution in [1.29, 1.82) is 0 Å². The largest absolute Gasteiger partial charge is 0.451 e. The summed E-state index contributed by atoms with van der Waals surface area (Å²) in [4.78, 5) is 35.4. The molecule has 0 bridgehead atoms. The summed E-state index contributed by atoms with van der Waals surface area (Å²) in [5.74, 6) is -0.406. The van der Waals surface area contributed by atoms with Gasteiger partial charge in [-0.15, -0.1) is 11.3 Å². The van der Waals surface area contributed by atoms with Crippen molar-refractivity contribution in [1.82, 2.24) is 14.8 Å². The second-order valence-electron chi connectivity index (χ2n) is 7.76. The fourth-order valence-corrected chi connectivity index (χ4v) is 5.03. The number of rotatable bonds is 5. The highest BCUT2D eigenvalue weighted by Crippen LogP contribution is 2.25. The van der Waals surface area contributed by atoms with Gasteiger partial charge in [-0.3, -0.25) is 19.5 Å². The second kappa shape index (κ2) is 9.05. The predicted molar refractivity (Wildman–Crippen MR) is 111 cm³/mol. The average Bonchev–Trinajstić information content (AvgIpc) is 3.22. The zero-order valence-corrected chi connectivity index (χ0v) is 17.6. The third-order valence-electron chi connectivity index (χ3n) is 5.74. The van der Waals surface area contributed by atoms with Gasteiger partial charge in [0.15, 0.2) is 6.10 Å². The number of piperidine rings is 1. The van der Waals surface area contributed by atoms with Gasteiger partial charge >= 0.3 is 5.97 Å². The zero-order valence-electron chi connectivity index (χ0n) is 16.8. The molecule has 0 saturated carbocycles. The molecule has 2 atom stereocenters. The first-order valence-corrected chi connectivity index (χ1v) is 11.2. The van der Waals surface area contributed by atoms with Crippen LogP contribution in [-0.2, 0) is 33.8 Å². The SMILES string of the molecule is CC(OC(=O)C1CCCCN1Cc1ccccn1)C(=O)N1CCc2sccc2C1. The summed E-state index contributed by atoms with van der Waals surface area (Å²) in [7, 11) is 0. The Kier molecular flexibility index (Phi) is 6.25. The van der Waals surface area contributed by atoms with Crippen molar-refractivity contribution in [3.8, 4) is 0 Å². The molecule has 4 heterocycles. The average molecular weight is 414 g/mol. The summed E-state index contributed by atoms with van der Waals surface area (Å²) in [6, 6.07) is 7.58. The molecular weight excluding hydrogens is 386 g/mol. The maximum atomic E-state index is 12.9. The number of pyridine rings is 1. The third-order valence-corrected chi connectivity index (χ3v) is 6.76. The van der Waals surface area contributed by atoms with Crippen LogP contribution in [0, 0.1) is 0 Å². The maximum Gasteiger partial charge on any atom is 0.324 e. The maximum absolute atomic E-state index is 12.9. The molecule has 0 aliphatic carbocycles. The Morgan fingerprint density at radius 2 is 2.17 bits per heavy atom. The van der Waals surface area contributed by atoms with Crippen molar-refractivity contribution in [3.63, 3.8) is 0 Å². The fourth-order valence-electron chi connectivity index (χ4n) is 4.14. The van der Waals surface area contributed by atoms with Crippen molar-refractivity contribution in [3.05, 3.63) is 52.0 Å². The van der Waals surface area contributed by atoms with Gasteiger partial charge in [0, 0.05) is 30.7 Å². The van der Waals surface area contributed by atoms with Gasteiger partial charge in [-0.25, -0.2) is 0 Å². The number of likely N-dealkylation sites (tertiary alicyclic amines) is 1. The van der Waals surface area contributed by atoms with E-state index in [0.717, 1.165) is 37.9 Å². The monoisotopic (exact) mass is 413 g/mol. The molecule has 2 aliphatic rings. The molecule has 29 heavy (non-hydrogen) atoms. The number of nitrogens with zero attached hydrogens (tertiary/aromatic N) is 3. The first kappa shape index (κ1) is 20.0. The Morgan fingerprint density at radius 1 is 1.28 bits per heavy atom. The van der Waals surface area contributed by atoms with Crippen molar-refractivity contribution in [2.45, 2.75) is 57.8 Å². The number of thiophene rings is 1. The van der Waals surface area contributed by atoms with Crippen molar-refractivity contribution < 1.29 is 14.3 Å². The minimum Gasteiger partial charge on any atom is -0.451 e. The van der Waals surface area contributed by atoms with Crippen LogP contribution in [0.1, 0.15) is 42.3 Å². The van der Waals surface area contributed by atoms with E-state index in [0.29, 0.717) is 19.6 Å². The molecule has 1 saturated heterocycles. The molecule has 0 aromatic carbocycles. The molecule has 6 nitrogen and oxygen atoms in total. The first-order chi connectivity index (χ1) is 14.1. The molecule has 0 N–H and O–H groups in total. The highest BCUT2D eigenvalue weighted by molar-refractivity contribution is 7.10. The zero-order chi connectivity index (χ0) is 20.2. The summed E-state index contributed by atoms with van der Waals surface area (Å²) in [5.41, 5.74) is 2.15. The van der Waals surface area contributed by atoms with Gasteiger partial charge in [-0.1, -0.05) is 12.5 Å². The summed E-state index contributed by atoms with van der Waals surface area (Å²) >= 11 is 1.74. The van der Waals surface area contributed by atoms with Crippen LogP contribution in [0.3, 0.4) is 0 Å². The lowest BCUT2D eigenvalue weighted by atomic mass is 10.0. The molecule has 2 unspecified atom stereocenters. The summed E-state index contributed by atoms with van der Waals surface area (Å²) in [5, 5.41) is 2.07.